The Balaban J connectivity index is 1.35. The molecule has 0 saturated carbocycles. The van der Waals surface area contributed by atoms with Crippen molar-refractivity contribution >= 4 is 29.5 Å². The first-order chi connectivity index (χ1) is 20.5. The fourth-order valence-corrected chi connectivity index (χ4v) is 5.51. The van der Waals surface area contributed by atoms with E-state index in [2.05, 4.69) is 10.6 Å². The number of ether oxygens (including phenoxy) is 2. The molecule has 2 aromatic rings. The number of likely N-dealkylation sites (tertiary alicyclic amines) is 2. The topological polar surface area (TPSA) is 117 Å². The smallest absolute Gasteiger partial charge is 0.410 e. The van der Waals surface area contributed by atoms with Crippen LogP contribution in [0.4, 0.5) is 10.5 Å². The molecule has 0 aliphatic carbocycles. The van der Waals surface area contributed by atoms with Gasteiger partial charge in [0.05, 0.1) is 6.61 Å². The number of rotatable bonds is 9. The third-order valence-corrected chi connectivity index (χ3v) is 7.69. The van der Waals surface area contributed by atoms with Gasteiger partial charge in [-0.05, 0) is 83.2 Å². The molecule has 10 nitrogen and oxygen atoms in total. The van der Waals surface area contributed by atoms with E-state index in [1.165, 1.54) is 4.90 Å². The summed E-state index contributed by atoms with van der Waals surface area (Å²) in [4.78, 5) is 56.1. The number of benzene rings is 2. The predicted octanol–water partition coefficient (Wildman–Crippen LogP) is 4.39. The summed E-state index contributed by atoms with van der Waals surface area (Å²) in [5.74, 6) is -0.224. The zero-order valence-corrected chi connectivity index (χ0v) is 25.6. The van der Waals surface area contributed by atoms with Gasteiger partial charge in [0.1, 0.15) is 23.4 Å². The van der Waals surface area contributed by atoms with E-state index in [1.54, 1.807) is 29.2 Å². The van der Waals surface area contributed by atoms with Gasteiger partial charge in [-0.1, -0.05) is 30.3 Å². The van der Waals surface area contributed by atoms with Crippen LogP contribution in [-0.4, -0.2) is 77.5 Å². The molecule has 0 radical (unpaired) electrons. The number of piperidine rings is 1. The van der Waals surface area contributed by atoms with E-state index in [0.29, 0.717) is 63.4 Å². The van der Waals surface area contributed by atoms with E-state index in [-0.39, 0.29) is 23.6 Å². The van der Waals surface area contributed by atoms with Crippen LogP contribution >= 0.6 is 0 Å². The summed E-state index contributed by atoms with van der Waals surface area (Å²) < 4.78 is 11.0. The first-order valence-corrected chi connectivity index (χ1v) is 15.2. The highest BCUT2D eigenvalue weighted by Crippen LogP contribution is 2.26. The van der Waals surface area contributed by atoms with Crippen LogP contribution in [0.15, 0.2) is 54.6 Å². The maximum atomic E-state index is 13.4. The van der Waals surface area contributed by atoms with Crippen molar-refractivity contribution in [1.82, 2.24) is 15.1 Å². The Morgan fingerprint density at radius 2 is 1.60 bits per heavy atom. The highest BCUT2D eigenvalue weighted by atomic mass is 16.6. The molecule has 4 amide bonds. The Morgan fingerprint density at radius 1 is 0.930 bits per heavy atom. The van der Waals surface area contributed by atoms with Gasteiger partial charge in [-0.25, -0.2) is 4.79 Å². The van der Waals surface area contributed by atoms with Gasteiger partial charge in [-0.15, -0.1) is 0 Å². The predicted molar refractivity (Wildman–Crippen MR) is 164 cm³/mol. The number of anilines is 1. The lowest BCUT2D eigenvalue weighted by Gasteiger charge is -2.35. The van der Waals surface area contributed by atoms with Crippen molar-refractivity contribution in [3.63, 3.8) is 0 Å². The Hall–Kier alpha value is -4.08. The quantitative estimate of drug-likeness (QED) is 0.446. The number of hydrogen-bond donors (Lipinski definition) is 2. The molecule has 10 heteroatoms. The molecule has 2 aliphatic heterocycles. The third kappa shape index (κ3) is 8.95. The maximum absolute atomic E-state index is 13.4. The first kappa shape index (κ1) is 31.8. The molecule has 2 heterocycles. The summed E-state index contributed by atoms with van der Waals surface area (Å²) >= 11 is 0. The van der Waals surface area contributed by atoms with Crippen molar-refractivity contribution in [3.8, 4) is 5.75 Å². The zero-order valence-electron chi connectivity index (χ0n) is 25.6. The fraction of sp³-hybridized carbons (Fsp3) is 0.515. The van der Waals surface area contributed by atoms with Crippen molar-refractivity contribution in [1.29, 1.82) is 0 Å². The Kier molecular flexibility index (Phi) is 10.7. The van der Waals surface area contributed by atoms with E-state index in [9.17, 15) is 19.2 Å². The summed E-state index contributed by atoms with van der Waals surface area (Å²) in [7, 11) is 0. The fourth-order valence-electron chi connectivity index (χ4n) is 5.51. The maximum Gasteiger partial charge on any atom is 0.410 e. The second-order valence-electron chi connectivity index (χ2n) is 12.1. The molecule has 0 spiro atoms. The highest BCUT2D eigenvalue weighted by Gasteiger charge is 2.40. The van der Waals surface area contributed by atoms with E-state index < -0.39 is 23.8 Å². The molecule has 0 aromatic heterocycles. The molecule has 0 unspecified atom stereocenters. The minimum absolute atomic E-state index is 0.0982. The normalized spacial score (nSPS) is 18.1. The van der Waals surface area contributed by atoms with Crippen LogP contribution in [0.3, 0.4) is 0 Å². The summed E-state index contributed by atoms with van der Waals surface area (Å²) in [6.45, 7) is 9.20. The lowest BCUT2D eigenvalue weighted by atomic mass is 9.94. The number of amides is 4. The van der Waals surface area contributed by atoms with Crippen LogP contribution in [-0.2, 0) is 25.5 Å². The van der Waals surface area contributed by atoms with Crippen molar-refractivity contribution in [2.24, 2.45) is 5.92 Å². The molecule has 2 fully saturated rings. The average Bonchev–Trinajstić information content (AvgIpc) is 3.48. The van der Waals surface area contributed by atoms with E-state index in [4.69, 9.17) is 9.47 Å². The molecule has 4 rings (SSSR count). The molecule has 2 N–H and O–H groups in total. The van der Waals surface area contributed by atoms with Gasteiger partial charge < -0.3 is 25.0 Å². The molecule has 2 saturated heterocycles. The van der Waals surface area contributed by atoms with Crippen LogP contribution in [0.5, 0.6) is 5.75 Å². The summed E-state index contributed by atoms with van der Waals surface area (Å²) in [6, 6.07) is 15.4. The van der Waals surface area contributed by atoms with Crippen molar-refractivity contribution in [2.75, 3.05) is 31.6 Å². The molecule has 2 aliphatic rings. The van der Waals surface area contributed by atoms with Gasteiger partial charge in [0, 0.05) is 37.7 Å². The highest BCUT2D eigenvalue weighted by molar-refractivity contribution is 5.97. The second kappa shape index (κ2) is 14.4. The summed E-state index contributed by atoms with van der Waals surface area (Å²) in [5, 5.41) is 5.90. The molecule has 2 aromatic carbocycles. The first-order valence-electron chi connectivity index (χ1n) is 15.2. The Labute approximate surface area is 254 Å². The molecule has 0 bridgehead atoms. The van der Waals surface area contributed by atoms with Gasteiger partial charge in [-0.3, -0.25) is 19.3 Å². The van der Waals surface area contributed by atoms with Crippen LogP contribution in [0.1, 0.15) is 58.9 Å². The SMILES string of the molecule is CCOc1ccc(NC(=O)[C@H](Cc2ccccc2)NC(=O)C2CCN(C(=O)[C@@H]3CCCN3C(=O)OC(C)(C)C)CC2)cc1. The van der Waals surface area contributed by atoms with Crippen molar-refractivity contribution in [2.45, 2.75) is 77.5 Å². The van der Waals surface area contributed by atoms with E-state index in [0.717, 1.165) is 12.0 Å². The zero-order chi connectivity index (χ0) is 31.0. The number of carbonyl (C=O) groups excluding carboxylic acids is 4. The van der Waals surface area contributed by atoms with Crippen LogP contribution in [0.25, 0.3) is 0 Å². The van der Waals surface area contributed by atoms with Crippen LogP contribution in [0.2, 0.25) is 0 Å². The van der Waals surface area contributed by atoms with Gasteiger partial charge in [0.25, 0.3) is 0 Å². The minimum atomic E-state index is -0.776. The Morgan fingerprint density at radius 3 is 2.23 bits per heavy atom. The second-order valence-corrected chi connectivity index (χ2v) is 12.1. The lowest BCUT2D eigenvalue weighted by molar-refractivity contribution is -0.139. The van der Waals surface area contributed by atoms with Crippen molar-refractivity contribution in [3.05, 3.63) is 60.2 Å². The number of nitrogens with one attached hydrogen (secondary N) is 2. The molecular formula is C33H44N4O6. The molecule has 232 valence electrons. The average molecular weight is 593 g/mol. The monoisotopic (exact) mass is 592 g/mol. The van der Waals surface area contributed by atoms with Gasteiger partial charge in [0.2, 0.25) is 17.7 Å². The van der Waals surface area contributed by atoms with Crippen molar-refractivity contribution < 1.29 is 28.7 Å². The Bertz CT molecular complexity index is 1250. The number of nitrogens with zero attached hydrogens (tertiary/aromatic N) is 2. The standard InChI is InChI=1S/C33H44N4O6/c1-5-42-26-15-13-25(14-16-26)34-30(39)27(22-23-10-7-6-8-11-23)35-29(38)24-17-20-36(21-18-24)31(40)28-12-9-19-37(28)32(41)43-33(2,3)4/h6-8,10-11,13-16,24,27-28H,5,9,12,17-22H2,1-4H3,(H,34,39)(H,35,38)/t27-,28-/m0/s1. The lowest BCUT2D eigenvalue weighted by Crippen LogP contribution is -2.53. The molecule has 2 atom stereocenters. The van der Waals surface area contributed by atoms with Crippen LogP contribution < -0.4 is 15.4 Å². The molecule has 43 heavy (non-hydrogen) atoms. The van der Waals surface area contributed by atoms with Gasteiger partial charge >= 0.3 is 6.09 Å². The van der Waals surface area contributed by atoms with Gasteiger partial charge in [-0.2, -0.15) is 0 Å². The van der Waals surface area contributed by atoms with E-state index >= 15 is 0 Å². The minimum Gasteiger partial charge on any atom is -0.494 e. The largest absolute Gasteiger partial charge is 0.494 e. The summed E-state index contributed by atoms with van der Waals surface area (Å²) in [5.41, 5.74) is 0.906. The van der Waals surface area contributed by atoms with Crippen LogP contribution in [0, 0.1) is 5.92 Å². The number of hydrogen-bond acceptors (Lipinski definition) is 6. The van der Waals surface area contributed by atoms with Gasteiger partial charge in [0.15, 0.2) is 0 Å². The third-order valence-electron chi connectivity index (χ3n) is 7.69. The molecular weight excluding hydrogens is 548 g/mol. The summed E-state index contributed by atoms with van der Waals surface area (Å²) in [6.07, 6.45) is 2.18. The number of carbonyl (C=O) groups is 4. The van der Waals surface area contributed by atoms with E-state index in [1.807, 2.05) is 58.0 Å².